The van der Waals surface area contributed by atoms with Crippen molar-refractivity contribution >= 4 is 22.8 Å². The standard InChI is InChI=1S/C14H16N2O4/c1-8(2)7-10(13(17)18)15-12-9-5-3-4-6-11(9)20-14(19)16-12/h3-6,8,10H,7H2,1-2H3,(H,17,18)(H,15,16,19)/t10-/m0/s1. The fourth-order valence-electron chi connectivity index (χ4n) is 1.99. The summed E-state index contributed by atoms with van der Waals surface area (Å²) in [4.78, 5) is 26.4. The third kappa shape index (κ3) is 3.14. The first-order valence-electron chi connectivity index (χ1n) is 6.36. The maximum Gasteiger partial charge on any atom is 0.441 e. The Labute approximate surface area is 115 Å². The van der Waals surface area contributed by atoms with Gasteiger partial charge in [0.25, 0.3) is 0 Å². The SMILES string of the molecule is CC(C)C[C@H](Nc1nc(=O)oc2ccccc12)C(=O)O. The van der Waals surface area contributed by atoms with Gasteiger partial charge in [0.2, 0.25) is 0 Å². The Kier molecular flexibility index (Phi) is 4.02. The molecule has 2 N–H and O–H groups in total. The highest BCUT2D eigenvalue weighted by atomic mass is 16.4. The van der Waals surface area contributed by atoms with E-state index in [0.29, 0.717) is 17.4 Å². The molecule has 0 spiro atoms. The van der Waals surface area contributed by atoms with E-state index >= 15 is 0 Å². The molecule has 0 aliphatic heterocycles. The maximum atomic E-state index is 11.4. The molecule has 6 nitrogen and oxygen atoms in total. The van der Waals surface area contributed by atoms with Crippen LogP contribution in [0, 0.1) is 5.92 Å². The van der Waals surface area contributed by atoms with Crippen molar-refractivity contribution in [3.63, 3.8) is 0 Å². The van der Waals surface area contributed by atoms with Crippen molar-refractivity contribution in [2.24, 2.45) is 5.92 Å². The van der Waals surface area contributed by atoms with E-state index < -0.39 is 17.8 Å². The third-order valence-electron chi connectivity index (χ3n) is 2.86. The summed E-state index contributed by atoms with van der Waals surface area (Å²) < 4.78 is 4.97. The number of benzene rings is 1. The maximum absolute atomic E-state index is 11.4. The largest absolute Gasteiger partial charge is 0.480 e. The zero-order valence-electron chi connectivity index (χ0n) is 11.3. The van der Waals surface area contributed by atoms with Gasteiger partial charge in [0.05, 0.1) is 5.39 Å². The molecule has 0 bridgehead atoms. The van der Waals surface area contributed by atoms with Gasteiger partial charge in [-0.25, -0.2) is 9.59 Å². The number of fused-ring (bicyclic) bond motifs is 1. The van der Waals surface area contributed by atoms with Crippen LogP contribution >= 0.6 is 0 Å². The topological polar surface area (TPSA) is 92.4 Å². The fourth-order valence-corrected chi connectivity index (χ4v) is 1.99. The summed E-state index contributed by atoms with van der Waals surface area (Å²) in [5.41, 5.74) is 0.378. The van der Waals surface area contributed by atoms with Crippen LogP contribution in [0.25, 0.3) is 11.0 Å². The lowest BCUT2D eigenvalue weighted by atomic mass is 10.0. The quantitative estimate of drug-likeness (QED) is 0.868. The smallest absolute Gasteiger partial charge is 0.441 e. The van der Waals surface area contributed by atoms with Gasteiger partial charge in [-0.2, -0.15) is 4.98 Å². The minimum absolute atomic E-state index is 0.204. The zero-order chi connectivity index (χ0) is 14.7. The first-order valence-corrected chi connectivity index (χ1v) is 6.36. The summed E-state index contributed by atoms with van der Waals surface area (Å²) in [7, 11) is 0. The van der Waals surface area contributed by atoms with Gasteiger partial charge in [-0.3, -0.25) is 0 Å². The van der Waals surface area contributed by atoms with Gasteiger partial charge in [0.1, 0.15) is 17.4 Å². The van der Waals surface area contributed by atoms with Crippen molar-refractivity contribution in [2.45, 2.75) is 26.3 Å². The molecule has 2 aromatic rings. The normalized spacial score (nSPS) is 12.6. The molecule has 20 heavy (non-hydrogen) atoms. The average molecular weight is 276 g/mol. The number of rotatable bonds is 5. The van der Waals surface area contributed by atoms with E-state index in [2.05, 4.69) is 10.3 Å². The van der Waals surface area contributed by atoms with Crippen LogP contribution in [0.5, 0.6) is 0 Å². The molecule has 1 aromatic heterocycles. The van der Waals surface area contributed by atoms with Crippen LogP contribution in [0.1, 0.15) is 20.3 Å². The predicted molar refractivity (Wildman–Crippen MR) is 74.8 cm³/mol. The van der Waals surface area contributed by atoms with Crippen LogP contribution < -0.4 is 11.1 Å². The third-order valence-corrected chi connectivity index (χ3v) is 2.86. The fraction of sp³-hybridized carbons (Fsp3) is 0.357. The lowest BCUT2D eigenvalue weighted by molar-refractivity contribution is -0.138. The molecule has 0 fully saturated rings. The minimum Gasteiger partial charge on any atom is -0.480 e. The van der Waals surface area contributed by atoms with E-state index in [4.69, 9.17) is 4.42 Å². The van der Waals surface area contributed by atoms with Gasteiger partial charge in [0, 0.05) is 0 Å². The lowest BCUT2D eigenvalue weighted by Crippen LogP contribution is -2.31. The molecule has 0 amide bonds. The number of hydrogen-bond acceptors (Lipinski definition) is 5. The summed E-state index contributed by atoms with van der Waals surface area (Å²) in [6.45, 7) is 3.87. The molecule has 1 aromatic carbocycles. The van der Waals surface area contributed by atoms with Gasteiger partial charge >= 0.3 is 11.7 Å². The summed E-state index contributed by atoms with van der Waals surface area (Å²) in [6.07, 6.45) is 0.436. The van der Waals surface area contributed by atoms with Crippen LogP contribution in [0.4, 0.5) is 5.82 Å². The van der Waals surface area contributed by atoms with Gasteiger partial charge in [-0.1, -0.05) is 26.0 Å². The molecular formula is C14H16N2O4. The highest BCUT2D eigenvalue weighted by molar-refractivity contribution is 5.89. The summed E-state index contributed by atoms with van der Waals surface area (Å²) >= 11 is 0. The lowest BCUT2D eigenvalue weighted by Gasteiger charge is -2.17. The second-order valence-corrected chi connectivity index (χ2v) is 4.99. The Morgan fingerprint density at radius 3 is 2.75 bits per heavy atom. The Morgan fingerprint density at radius 1 is 1.40 bits per heavy atom. The van der Waals surface area contributed by atoms with Crippen molar-refractivity contribution in [3.05, 3.63) is 34.8 Å². The summed E-state index contributed by atoms with van der Waals surface area (Å²) in [5.74, 6) is -1.28. The Balaban J connectivity index is 2.41. The molecule has 1 atom stereocenters. The second kappa shape index (κ2) is 5.73. The monoisotopic (exact) mass is 276 g/mol. The molecule has 0 unspecified atom stereocenters. The van der Waals surface area contributed by atoms with Crippen molar-refractivity contribution in [1.82, 2.24) is 4.98 Å². The molecule has 106 valence electrons. The van der Waals surface area contributed by atoms with Crippen molar-refractivity contribution in [3.8, 4) is 0 Å². The van der Waals surface area contributed by atoms with E-state index in [1.165, 1.54) is 0 Å². The second-order valence-electron chi connectivity index (χ2n) is 4.99. The molecule has 0 radical (unpaired) electrons. The number of anilines is 1. The number of aromatic nitrogens is 1. The molecule has 6 heteroatoms. The molecule has 0 aliphatic carbocycles. The first-order chi connectivity index (χ1) is 9.47. The molecule has 0 saturated carbocycles. The highest BCUT2D eigenvalue weighted by Gasteiger charge is 2.20. The highest BCUT2D eigenvalue weighted by Crippen LogP contribution is 2.20. The Bertz CT molecular complexity index is 678. The van der Waals surface area contributed by atoms with E-state index in [-0.39, 0.29) is 11.7 Å². The molecule has 2 rings (SSSR count). The van der Waals surface area contributed by atoms with Crippen LogP contribution in [0.2, 0.25) is 0 Å². The molecular weight excluding hydrogens is 260 g/mol. The first kappa shape index (κ1) is 14.0. The van der Waals surface area contributed by atoms with E-state index in [1.807, 2.05) is 13.8 Å². The molecule has 0 aliphatic rings. The van der Waals surface area contributed by atoms with E-state index in [9.17, 15) is 14.7 Å². The van der Waals surface area contributed by atoms with Crippen molar-refractivity contribution in [1.29, 1.82) is 0 Å². The Morgan fingerprint density at radius 2 is 2.10 bits per heavy atom. The van der Waals surface area contributed by atoms with E-state index in [0.717, 1.165) is 0 Å². The summed E-state index contributed by atoms with van der Waals surface area (Å²) in [6, 6.07) is 6.07. The van der Waals surface area contributed by atoms with Crippen LogP contribution in [0.3, 0.4) is 0 Å². The van der Waals surface area contributed by atoms with Crippen molar-refractivity contribution in [2.75, 3.05) is 5.32 Å². The number of carboxylic acid groups (broad SMARTS) is 1. The van der Waals surface area contributed by atoms with Crippen molar-refractivity contribution < 1.29 is 14.3 Å². The number of carboxylic acids is 1. The zero-order valence-corrected chi connectivity index (χ0v) is 11.3. The number of nitrogens with zero attached hydrogens (tertiary/aromatic N) is 1. The molecule has 0 saturated heterocycles. The van der Waals surface area contributed by atoms with Gasteiger partial charge in [-0.05, 0) is 24.5 Å². The molecule has 1 heterocycles. The number of carbonyl (C=O) groups is 1. The Hall–Kier alpha value is -2.37. The summed E-state index contributed by atoms with van der Waals surface area (Å²) in [5, 5.41) is 12.6. The minimum atomic E-state index is -0.974. The predicted octanol–water partition coefficient (Wildman–Crippen LogP) is 2.10. The van der Waals surface area contributed by atoms with E-state index in [1.54, 1.807) is 24.3 Å². The number of hydrogen-bond donors (Lipinski definition) is 2. The van der Waals surface area contributed by atoms with Gasteiger partial charge in [-0.15, -0.1) is 0 Å². The van der Waals surface area contributed by atoms with Crippen LogP contribution in [-0.2, 0) is 4.79 Å². The van der Waals surface area contributed by atoms with Gasteiger partial charge in [0.15, 0.2) is 0 Å². The number of para-hydroxylation sites is 1. The average Bonchev–Trinajstić information content (AvgIpc) is 2.37. The number of nitrogens with one attached hydrogen (secondary N) is 1. The van der Waals surface area contributed by atoms with Crippen LogP contribution in [-0.4, -0.2) is 22.1 Å². The van der Waals surface area contributed by atoms with Gasteiger partial charge < -0.3 is 14.8 Å². The number of aliphatic carboxylic acids is 1. The van der Waals surface area contributed by atoms with Crippen LogP contribution in [0.15, 0.2) is 33.5 Å².